The van der Waals surface area contributed by atoms with Gasteiger partial charge >= 0.3 is 11.9 Å². The number of carbonyl (C=O) groups is 1. The number of nitro benzene ring substituents is 1. The summed E-state index contributed by atoms with van der Waals surface area (Å²) in [6.07, 6.45) is -3.10. The maximum Gasteiger partial charge on any atom is 0.416 e. The van der Waals surface area contributed by atoms with Crippen LogP contribution in [-0.2, 0) is 11.0 Å². The van der Waals surface area contributed by atoms with Crippen LogP contribution in [0.4, 0.5) is 18.9 Å². The normalized spacial score (nSPS) is 15.6. The van der Waals surface area contributed by atoms with Gasteiger partial charge in [-0.05, 0) is 35.9 Å². The van der Waals surface area contributed by atoms with Gasteiger partial charge in [0, 0.05) is 6.07 Å². The summed E-state index contributed by atoms with van der Waals surface area (Å²) < 4.78 is 44.0. The van der Waals surface area contributed by atoms with E-state index < -0.39 is 22.4 Å². The highest BCUT2D eigenvalue weighted by Crippen LogP contribution is 2.38. The minimum absolute atomic E-state index is 0.184. The molecular formula is C17H9F3N2O4S2. The number of hydrogen-bond donors (Lipinski definition) is 1. The zero-order valence-electron chi connectivity index (χ0n) is 13.6. The fraction of sp³-hybridized carbons (Fsp3) is 0.0588. The lowest BCUT2D eigenvalue weighted by Gasteiger charge is -2.10. The summed E-state index contributed by atoms with van der Waals surface area (Å²) >= 11 is 6.01. The quantitative estimate of drug-likeness (QED) is 0.324. The van der Waals surface area contributed by atoms with E-state index in [1.165, 1.54) is 12.1 Å². The third-order valence-electron chi connectivity index (χ3n) is 3.53. The molecule has 144 valence electrons. The minimum Gasteiger partial charge on any atom is -0.450 e. The monoisotopic (exact) mass is 426 g/mol. The van der Waals surface area contributed by atoms with Gasteiger partial charge in [-0.25, -0.2) is 0 Å². The van der Waals surface area contributed by atoms with Gasteiger partial charge in [0.05, 0.1) is 15.4 Å². The molecule has 0 aromatic heterocycles. The van der Waals surface area contributed by atoms with Crippen LogP contribution in [0.3, 0.4) is 0 Å². The highest BCUT2D eigenvalue weighted by Gasteiger charge is 2.33. The second kappa shape index (κ2) is 7.60. The van der Waals surface area contributed by atoms with Gasteiger partial charge in [0.15, 0.2) is 0 Å². The first-order valence-electron chi connectivity index (χ1n) is 7.52. The Kier molecular flexibility index (Phi) is 5.38. The number of amides is 1. The average Bonchev–Trinajstić information content (AvgIpc) is 2.93. The van der Waals surface area contributed by atoms with E-state index in [9.17, 15) is 28.1 Å². The Hall–Kier alpha value is -2.92. The van der Waals surface area contributed by atoms with Crippen LogP contribution in [0.5, 0.6) is 11.5 Å². The van der Waals surface area contributed by atoms with Gasteiger partial charge in [-0.2, -0.15) is 13.2 Å². The summed E-state index contributed by atoms with van der Waals surface area (Å²) in [7, 11) is 0. The molecule has 0 aliphatic carbocycles. The van der Waals surface area contributed by atoms with Crippen molar-refractivity contribution in [3.63, 3.8) is 0 Å². The summed E-state index contributed by atoms with van der Waals surface area (Å²) in [5.41, 5.74) is -1.29. The number of nitro groups is 1. The number of nitrogens with one attached hydrogen (secondary N) is 1. The highest BCUT2D eigenvalue weighted by atomic mass is 32.2. The van der Waals surface area contributed by atoms with Gasteiger partial charge in [0.25, 0.3) is 5.91 Å². The molecule has 0 saturated carbocycles. The van der Waals surface area contributed by atoms with Crippen molar-refractivity contribution in [2.75, 3.05) is 0 Å². The molecule has 0 atom stereocenters. The summed E-state index contributed by atoms with van der Waals surface area (Å²) in [5, 5.41) is 13.6. The molecule has 1 fully saturated rings. The topological polar surface area (TPSA) is 81.5 Å². The molecule has 1 heterocycles. The molecule has 11 heteroatoms. The van der Waals surface area contributed by atoms with Crippen LogP contribution in [0.25, 0.3) is 6.08 Å². The first-order chi connectivity index (χ1) is 13.1. The van der Waals surface area contributed by atoms with Gasteiger partial charge < -0.3 is 10.1 Å². The Morgan fingerprint density at radius 3 is 2.39 bits per heavy atom. The molecule has 1 N–H and O–H groups in total. The van der Waals surface area contributed by atoms with Gasteiger partial charge in [-0.1, -0.05) is 36.1 Å². The van der Waals surface area contributed by atoms with Crippen LogP contribution in [-0.4, -0.2) is 15.2 Å². The number of rotatable bonds is 4. The van der Waals surface area contributed by atoms with Crippen molar-refractivity contribution in [1.82, 2.24) is 5.32 Å². The van der Waals surface area contributed by atoms with E-state index in [2.05, 4.69) is 5.32 Å². The number of thioether (sulfide) groups is 1. The largest absolute Gasteiger partial charge is 0.450 e. The minimum atomic E-state index is -4.70. The van der Waals surface area contributed by atoms with E-state index in [0.29, 0.717) is 26.9 Å². The molecule has 2 aromatic carbocycles. The summed E-state index contributed by atoms with van der Waals surface area (Å²) in [5.74, 6) is -0.444. The van der Waals surface area contributed by atoms with Gasteiger partial charge in [0.2, 0.25) is 5.75 Å². The second-order valence-electron chi connectivity index (χ2n) is 5.46. The predicted octanol–water partition coefficient (Wildman–Crippen LogP) is 4.89. The maximum atomic E-state index is 12.7. The number of benzene rings is 2. The average molecular weight is 426 g/mol. The molecule has 2 aromatic rings. The molecule has 3 rings (SSSR count). The smallest absolute Gasteiger partial charge is 0.416 e. The van der Waals surface area contributed by atoms with E-state index >= 15 is 0 Å². The lowest BCUT2D eigenvalue weighted by molar-refractivity contribution is -0.385. The van der Waals surface area contributed by atoms with Crippen molar-refractivity contribution < 1.29 is 27.6 Å². The molecular weight excluding hydrogens is 417 g/mol. The van der Waals surface area contributed by atoms with Crippen LogP contribution in [0.15, 0.2) is 47.4 Å². The van der Waals surface area contributed by atoms with Crippen LogP contribution < -0.4 is 10.1 Å². The van der Waals surface area contributed by atoms with Crippen molar-refractivity contribution >= 4 is 46.0 Å². The van der Waals surface area contributed by atoms with Crippen LogP contribution in [0.2, 0.25) is 0 Å². The van der Waals surface area contributed by atoms with Crippen molar-refractivity contribution in [2.45, 2.75) is 6.18 Å². The summed E-state index contributed by atoms with van der Waals surface area (Å²) in [4.78, 5) is 22.2. The molecule has 0 bridgehead atoms. The Balaban J connectivity index is 1.83. The Bertz CT molecular complexity index is 1000. The fourth-order valence-electron chi connectivity index (χ4n) is 2.25. The molecule has 1 aliphatic rings. The van der Waals surface area contributed by atoms with E-state index in [0.717, 1.165) is 17.8 Å². The molecule has 1 amide bonds. The van der Waals surface area contributed by atoms with E-state index in [1.54, 1.807) is 18.2 Å². The number of alkyl halides is 3. The molecule has 0 spiro atoms. The van der Waals surface area contributed by atoms with Crippen LogP contribution in [0, 0.1) is 10.1 Å². The number of halogens is 3. The van der Waals surface area contributed by atoms with Gasteiger partial charge in [-0.3, -0.25) is 14.9 Å². The van der Waals surface area contributed by atoms with Crippen molar-refractivity contribution in [3.05, 3.63) is 68.6 Å². The molecule has 1 saturated heterocycles. The van der Waals surface area contributed by atoms with Crippen molar-refractivity contribution in [1.29, 1.82) is 0 Å². The highest BCUT2D eigenvalue weighted by molar-refractivity contribution is 8.26. The number of ether oxygens (including phenoxy) is 1. The summed E-state index contributed by atoms with van der Waals surface area (Å²) in [6, 6.07) is 8.17. The third-order valence-corrected chi connectivity index (χ3v) is 4.69. The Labute approximate surface area is 165 Å². The molecule has 1 aliphatic heterocycles. The summed E-state index contributed by atoms with van der Waals surface area (Å²) in [6.45, 7) is 0. The first-order valence-corrected chi connectivity index (χ1v) is 8.74. The maximum absolute atomic E-state index is 12.7. The third kappa shape index (κ3) is 4.49. The zero-order chi connectivity index (χ0) is 20.5. The van der Waals surface area contributed by atoms with Gasteiger partial charge in [0.1, 0.15) is 10.1 Å². The van der Waals surface area contributed by atoms with E-state index in [1.807, 2.05) is 0 Å². The second-order valence-corrected chi connectivity index (χ2v) is 7.18. The molecule has 28 heavy (non-hydrogen) atoms. The van der Waals surface area contributed by atoms with Crippen LogP contribution >= 0.6 is 24.0 Å². The first kappa shape index (κ1) is 19.8. The SMILES string of the molecule is O=C1NC(=S)S/C1=C/c1ccc(Oc2ccc(C(F)(F)F)cc2[N+](=O)[O-])cc1. The molecule has 0 unspecified atom stereocenters. The zero-order valence-corrected chi connectivity index (χ0v) is 15.3. The fourth-order valence-corrected chi connectivity index (χ4v) is 3.30. The molecule has 0 radical (unpaired) electrons. The number of thiocarbonyl (C=S) groups is 1. The number of nitrogens with zero attached hydrogens (tertiary/aromatic N) is 1. The van der Waals surface area contributed by atoms with E-state index in [-0.39, 0.29) is 17.4 Å². The number of carbonyl (C=O) groups excluding carboxylic acids is 1. The number of hydrogen-bond acceptors (Lipinski definition) is 6. The van der Waals surface area contributed by atoms with E-state index in [4.69, 9.17) is 17.0 Å². The Morgan fingerprint density at radius 1 is 1.18 bits per heavy atom. The van der Waals surface area contributed by atoms with Crippen LogP contribution in [0.1, 0.15) is 11.1 Å². The Morgan fingerprint density at radius 2 is 1.86 bits per heavy atom. The lowest BCUT2D eigenvalue weighted by atomic mass is 10.1. The van der Waals surface area contributed by atoms with Crippen molar-refractivity contribution in [3.8, 4) is 11.5 Å². The van der Waals surface area contributed by atoms with Crippen molar-refractivity contribution in [2.24, 2.45) is 0 Å². The van der Waals surface area contributed by atoms with Gasteiger partial charge in [-0.15, -0.1) is 0 Å². The standard InChI is InChI=1S/C17H9F3N2O4S2/c18-17(19,20)10-3-6-13(12(8-10)22(24)25)26-11-4-1-9(2-5-11)7-14-15(23)21-16(27)28-14/h1-8H,(H,21,23,27)/b14-7+. The predicted molar refractivity (Wildman–Crippen MR) is 101 cm³/mol. The molecule has 6 nitrogen and oxygen atoms in total. The lowest BCUT2D eigenvalue weighted by Crippen LogP contribution is -2.17.